The summed E-state index contributed by atoms with van der Waals surface area (Å²) in [4.78, 5) is 10.9. The van der Waals surface area contributed by atoms with Crippen LogP contribution in [0, 0.1) is 13.8 Å². The molecule has 3 heteroatoms. The standard InChI is InChI=1S/C15H15NO2/c1-10-5-3-7-12(9-10)13-8-4-6-11(2)14(13)16-15(17)18/h3-9,16H,1-2H3,(H,17,18). The topological polar surface area (TPSA) is 49.3 Å². The van der Waals surface area contributed by atoms with E-state index < -0.39 is 6.09 Å². The second-order valence-corrected chi connectivity index (χ2v) is 4.30. The van der Waals surface area contributed by atoms with E-state index in [0.717, 1.165) is 22.3 Å². The van der Waals surface area contributed by atoms with Crippen LogP contribution in [-0.4, -0.2) is 11.2 Å². The van der Waals surface area contributed by atoms with Crippen LogP contribution in [0.3, 0.4) is 0 Å². The normalized spacial score (nSPS) is 10.1. The maximum absolute atomic E-state index is 10.9. The fraction of sp³-hybridized carbons (Fsp3) is 0.133. The molecule has 0 spiro atoms. The van der Waals surface area contributed by atoms with Crippen molar-refractivity contribution in [2.24, 2.45) is 0 Å². The predicted octanol–water partition coefficient (Wildman–Crippen LogP) is 4.06. The van der Waals surface area contributed by atoms with Gasteiger partial charge in [-0.2, -0.15) is 0 Å². The van der Waals surface area contributed by atoms with Gasteiger partial charge in [0.25, 0.3) is 0 Å². The van der Waals surface area contributed by atoms with Crippen molar-refractivity contribution in [2.45, 2.75) is 13.8 Å². The highest BCUT2D eigenvalue weighted by molar-refractivity contribution is 5.92. The third-order valence-corrected chi connectivity index (χ3v) is 2.83. The highest BCUT2D eigenvalue weighted by Crippen LogP contribution is 2.31. The number of carbonyl (C=O) groups is 1. The number of nitrogens with one attached hydrogen (secondary N) is 1. The van der Waals surface area contributed by atoms with Gasteiger partial charge in [-0.05, 0) is 25.0 Å². The van der Waals surface area contributed by atoms with E-state index in [1.165, 1.54) is 0 Å². The summed E-state index contributed by atoms with van der Waals surface area (Å²) in [5.41, 5.74) is 4.63. The van der Waals surface area contributed by atoms with Crippen molar-refractivity contribution in [3.8, 4) is 11.1 Å². The third kappa shape index (κ3) is 2.51. The minimum Gasteiger partial charge on any atom is -0.465 e. The number of para-hydroxylation sites is 1. The van der Waals surface area contributed by atoms with Crippen molar-refractivity contribution in [1.82, 2.24) is 0 Å². The zero-order valence-electron chi connectivity index (χ0n) is 10.4. The molecule has 0 aromatic heterocycles. The number of hydrogen-bond acceptors (Lipinski definition) is 1. The molecule has 0 aliphatic rings. The zero-order chi connectivity index (χ0) is 13.1. The fourth-order valence-electron chi connectivity index (χ4n) is 1.99. The zero-order valence-corrected chi connectivity index (χ0v) is 10.4. The first-order chi connectivity index (χ1) is 8.58. The molecular formula is C15H15NO2. The average molecular weight is 241 g/mol. The SMILES string of the molecule is Cc1cccc(-c2cccc(C)c2NC(=O)O)c1. The molecule has 0 aliphatic heterocycles. The number of benzene rings is 2. The second kappa shape index (κ2) is 4.92. The van der Waals surface area contributed by atoms with Gasteiger partial charge in [0.2, 0.25) is 0 Å². The largest absolute Gasteiger partial charge is 0.465 e. The van der Waals surface area contributed by atoms with E-state index in [1.54, 1.807) is 0 Å². The van der Waals surface area contributed by atoms with Crippen molar-refractivity contribution in [3.63, 3.8) is 0 Å². The van der Waals surface area contributed by atoms with Gasteiger partial charge in [0.05, 0.1) is 5.69 Å². The molecule has 0 atom stereocenters. The van der Waals surface area contributed by atoms with Gasteiger partial charge in [0.15, 0.2) is 0 Å². The van der Waals surface area contributed by atoms with Crippen molar-refractivity contribution in [1.29, 1.82) is 0 Å². The van der Waals surface area contributed by atoms with E-state index in [4.69, 9.17) is 5.11 Å². The van der Waals surface area contributed by atoms with Gasteiger partial charge in [0.1, 0.15) is 0 Å². The summed E-state index contributed by atoms with van der Waals surface area (Å²) in [5, 5.41) is 11.4. The Kier molecular flexibility index (Phi) is 3.33. The summed E-state index contributed by atoms with van der Waals surface area (Å²) in [6.45, 7) is 3.91. The van der Waals surface area contributed by atoms with Gasteiger partial charge in [-0.15, -0.1) is 0 Å². The van der Waals surface area contributed by atoms with Crippen LogP contribution < -0.4 is 5.32 Å². The molecule has 0 fully saturated rings. The minimum absolute atomic E-state index is 0.649. The number of hydrogen-bond donors (Lipinski definition) is 2. The van der Waals surface area contributed by atoms with Gasteiger partial charge in [-0.1, -0.05) is 48.0 Å². The van der Waals surface area contributed by atoms with Crippen molar-refractivity contribution in [3.05, 3.63) is 53.6 Å². The molecule has 0 bridgehead atoms. The van der Waals surface area contributed by atoms with Crippen LogP contribution in [0.4, 0.5) is 10.5 Å². The molecule has 2 aromatic carbocycles. The summed E-state index contributed by atoms with van der Waals surface area (Å²) in [6.07, 6.45) is -1.04. The Morgan fingerprint density at radius 3 is 2.50 bits per heavy atom. The Morgan fingerprint density at radius 1 is 1.11 bits per heavy atom. The molecule has 2 rings (SSSR count). The van der Waals surface area contributed by atoms with E-state index in [0.29, 0.717) is 5.69 Å². The summed E-state index contributed by atoms with van der Waals surface area (Å²) in [7, 11) is 0. The molecule has 0 unspecified atom stereocenters. The van der Waals surface area contributed by atoms with Crippen molar-refractivity contribution < 1.29 is 9.90 Å². The molecule has 18 heavy (non-hydrogen) atoms. The lowest BCUT2D eigenvalue weighted by Crippen LogP contribution is -2.09. The fourth-order valence-corrected chi connectivity index (χ4v) is 1.99. The summed E-state index contributed by atoms with van der Waals surface area (Å²) >= 11 is 0. The van der Waals surface area contributed by atoms with Crippen molar-refractivity contribution in [2.75, 3.05) is 5.32 Å². The summed E-state index contributed by atoms with van der Waals surface area (Å²) in [5.74, 6) is 0. The molecule has 2 N–H and O–H groups in total. The highest BCUT2D eigenvalue weighted by Gasteiger charge is 2.09. The third-order valence-electron chi connectivity index (χ3n) is 2.83. The molecule has 3 nitrogen and oxygen atoms in total. The van der Waals surface area contributed by atoms with Gasteiger partial charge in [-0.3, -0.25) is 5.32 Å². The molecule has 0 aliphatic carbocycles. The smallest absolute Gasteiger partial charge is 0.409 e. The summed E-state index contributed by atoms with van der Waals surface area (Å²) < 4.78 is 0. The lowest BCUT2D eigenvalue weighted by atomic mass is 9.99. The van der Waals surface area contributed by atoms with Gasteiger partial charge in [-0.25, -0.2) is 4.79 Å². The van der Waals surface area contributed by atoms with Gasteiger partial charge >= 0.3 is 6.09 Å². The molecule has 0 heterocycles. The number of anilines is 1. The Labute approximate surface area is 106 Å². The molecular weight excluding hydrogens is 226 g/mol. The number of aryl methyl sites for hydroxylation is 2. The van der Waals surface area contributed by atoms with Crippen LogP contribution in [0.2, 0.25) is 0 Å². The maximum Gasteiger partial charge on any atom is 0.409 e. The predicted molar refractivity (Wildman–Crippen MR) is 73.0 cm³/mol. The van der Waals surface area contributed by atoms with Crippen LogP contribution in [0.25, 0.3) is 11.1 Å². The van der Waals surface area contributed by atoms with E-state index in [9.17, 15) is 4.79 Å². The van der Waals surface area contributed by atoms with Gasteiger partial charge < -0.3 is 5.11 Å². The van der Waals surface area contributed by atoms with Crippen molar-refractivity contribution >= 4 is 11.8 Å². The Hall–Kier alpha value is -2.29. The molecule has 0 saturated carbocycles. The first-order valence-electron chi connectivity index (χ1n) is 5.74. The minimum atomic E-state index is -1.04. The quantitative estimate of drug-likeness (QED) is 0.833. The first-order valence-corrected chi connectivity index (χ1v) is 5.74. The van der Waals surface area contributed by atoms with Gasteiger partial charge in [0, 0.05) is 5.56 Å². The monoisotopic (exact) mass is 241 g/mol. The van der Waals surface area contributed by atoms with E-state index in [1.807, 2.05) is 56.3 Å². The molecule has 0 radical (unpaired) electrons. The Morgan fingerprint density at radius 2 is 1.83 bits per heavy atom. The van der Waals surface area contributed by atoms with Crippen LogP contribution in [0.1, 0.15) is 11.1 Å². The van der Waals surface area contributed by atoms with E-state index in [2.05, 4.69) is 5.32 Å². The number of carboxylic acid groups (broad SMARTS) is 1. The lowest BCUT2D eigenvalue weighted by molar-refractivity contribution is 0.209. The average Bonchev–Trinajstić information content (AvgIpc) is 2.31. The molecule has 1 amide bonds. The lowest BCUT2D eigenvalue weighted by Gasteiger charge is -2.12. The summed E-state index contributed by atoms with van der Waals surface area (Å²) in [6, 6.07) is 13.8. The highest BCUT2D eigenvalue weighted by atomic mass is 16.4. The number of rotatable bonds is 2. The van der Waals surface area contributed by atoms with E-state index in [-0.39, 0.29) is 0 Å². The second-order valence-electron chi connectivity index (χ2n) is 4.30. The van der Waals surface area contributed by atoms with Crippen LogP contribution in [0.5, 0.6) is 0 Å². The molecule has 2 aromatic rings. The van der Waals surface area contributed by atoms with E-state index >= 15 is 0 Å². The Bertz CT molecular complexity index is 591. The molecule has 0 saturated heterocycles. The first kappa shape index (κ1) is 12.2. The Balaban J connectivity index is 2.56. The maximum atomic E-state index is 10.9. The van der Waals surface area contributed by atoms with Crippen LogP contribution >= 0.6 is 0 Å². The molecule has 92 valence electrons. The number of amides is 1. The van der Waals surface area contributed by atoms with Crippen LogP contribution in [-0.2, 0) is 0 Å². The van der Waals surface area contributed by atoms with Crippen LogP contribution in [0.15, 0.2) is 42.5 Å².